The number of carbonyl (C=O) groups excluding carboxylic acids is 1. The Hall–Kier alpha value is -2.98. The molecule has 1 atom stereocenters. The smallest absolute Gasteiger partial charge is 0.277 e. The van der Waals surface area contributed by atoms with Crippen molar-refractivity contribution in [2.24, 2.45) is 5.73 Å². The van der Waals surface area contributed by atoms with Crippen LogP contribution in [-0.4, -0.2) is 39.8 Å². The summed E-state index contributed by atoms with van der Waals surface area (Å²) < 4.78 is 16.2. The fourth-order valence-electron chi connectivity index (χ4n) is 3.96. The van der Waals surface area contributed by atoms with Gasteiger partial charge in [0.25, 0.3) is 5.91 Å². The van der Waals surface area contributed by atoms with Gasteiger partial charge in [0.2, 0.25) is 0 Å². The van der Waals surface area contributed by atoms with Crippen molar-refractivity contribution in [3.63, 3.8) is 0 Å². The van der Waals surface area contributed by atoms with Crippen LogP contribution in [0, 0.1) is 12.7 Å². The van der Waals surface area contributed by atoms with E-state index in [-0.39, 0.29) is 16.7 Å². The van der Waals surface area contributed by atoms with Gasteiger partial charge in [-0.25, -0.2) is 14.1 Å². The van der Waals surface area contributed by atoms with Crippen LogP contribution >= 0.6 is 11.3 Å². The average molecular weight is 458 g/mol. The second-order valence-electron chi connectivity index (χ2n) is 8.04. The van der Waals surface area contributed by atoms with Gasteiger partial charge in [-0.1, -0.05) is 23.0 Å². The average Bonchev–Trinajstić information content (AvgIpc) is 3.28. The molecule has 2 aromatic heterocycles. The number of benzene rings is 1. The van der Waals surface area contributed by atoms with Crippen molar-refractivity contribution < 1.29 is 9.18 Å². The molecule has 0 bridgehead atoms. The number of carbonyl (C=O) groups is 1. The standard InChI is InChI=1S/C22H28FN7OS/c1-3-30-22(29-9-4-5-14(24)8-10-29)17(12-26-30)27-20(31)18-19(25)32-21(28-18)15-11-13(2)6-7-16(15)23/h6-7,11-12,14H,3-5,8-10,24-25H2,1-2H3,(H,27,31). The van der Waals surface area contributed by atoms with E-state index in [4.69, 9.17) is 11.5 Å². The lowest BCUT2D eigenvalue weighted by atomic mass is 10.1. The van der Waals surface area contributed by atoms with E-state index in [1.807, 2.05) is 18.5 Å². The van der Waals surface area contributed by atoms with Crippen molar-refractivity contribution in [1.82, 2.24) is 14.8 Å². The Morgan fingerprint density at radius 1 is 1.34 bits per heavy atom. The lowest BCUT2D eigenvalue weighted by Gasteiger charge is -2.24. The Morgan fingerprint density at radius 2 is 2.16 bits per heavy atom. The SMILES string of the molecule is CCn1ncc(NC(=O)c2nc(-c3cc(C)ccc3F)sc2N)c1N1CCCC(N)CC1. The number of rotatable bonds is 5. The first-order chi connectivity index (χ1) is 15.4. The molecule has 3 aromatic rings. The van der Waals surface area contributed by atoms with Crippen LogP contribution in [0.1, 0.15) is 42.2 Å². The molecular formula is C22H28FN7OS. The molecule has 1 fully saturated rings. The summed E-state index contributed by atoms with van der Waals surface area (Å²) in [6, 6.07) is 4.96. The van der Waals surface area contributed by atoms with Gasteiger partial charge in [0.1, 0.15) is 21.5 Å². The number of hydrogen-bond donors (Lipinski definition) is 3. The third-order valence-electron chi connectivity index (χ3n) is 5.65. The van der Waals surface area contributed by atoms with E-state index >= 15 is 0 Å². The number of hydrogen-bond acceptors (Lipinski definition) is 7. The van der Waals surface area contributed by atoms with E-state index in [2.05, 4.69) is 20.3 Å². The molecule has 1 unspecified atom stereocenters. The predicted molar refractivity (Wildman–Crippen MR) is 127 cm³/mol. The van der Waals surface area contributed by atoms with Gasteiger partial charge < -0.3 is 21.7 Å². The van der Waals surface area contributed by atoms with E-state index in [1.54, 1.807) is 18.3 Å². The number of nitrogens with two attached hydrogens (primary N) is 2. The van der Waals surface area contributed by atoms with Crippen molar-refractivity contribution in [1.29, 1.82) is 0 Å². The summed E-state index contributed by atoms with van der Waals surface area (Å²) in [6.45, 7) is 6.19. The Morgan fingerprint density at radius 3 is 2.94 bits per heavy atom. The van der Waals surface area contributed by atoms with Crippen molar-refractivity contribution in [3.8, 4) is 10.6 Å². The Balaban J connectivity index is 1.61. The molecule has 3 heterocycles. The highest BCUT2D eigenvalue weighted by atomic mass is 32.1. The van der Waals surface area contributed by atoms with Crippen molar-refractivity contribution in [2.45, 2.75) is 45.7 Å². The minimum absolute atomic E-state index is 0.0824. The van der Waals surface area contributed by atoms with Crippen LogP contribution in [0.2, 0.25) is 0 Å². The molecule has 1 aliphatic rings. The Labute approximate surface area is 190 Å². The normalized spacial score (nSPS) is 16.8. The molecule has 5 N–H and O–H groups in total. The van der Waals surface area contributed by atoms with E-state index in [0.29, 0.717) is 22.8 Å². The molecule has 10 heteroatoms. The van der Waals surface area contributed by atoms with E-state index in [9.17, 15) is 9.18 Å². The number of nitrogen functional groups attached to an aromatic ring is 1. The summed E-state index contributed by atoms with van der Waals surface area (Å²) in [4.78, 5) is 19.6. The van der Waals surface area contributed by atoms with Gasteiger partial charge in [-0.2, -0.15) is 5.10 Å². The van der Waals surface area contributed by atoms with Gasteiger partial charge in [-0.3, -0.25) is 4.79 Å². The van der Waals surface area contributed by atoms with Gasteiger partial charge in [-0.15, -0.1) is 0 Å². The number of nitrogens with one attached hydrogen (secondary N) is 1. The summed E-state index contributed by atoms with van der Waals surface area (Å²) in [5.74, 6) is 0.0115. The fourth-order valence-corrected chi connectivity index (χ4v) is 4.81. The highest BCUT2D eigenvalue weighted by molar-refractivity contribution is 7.19. The number of aromatic nitrogens is 3. The first-order valence-corrected chi connectivity index (χ1v) is 11.6. The summed E-state index contributed by atoms with van der Waals surface area (Å²) in [5, 5.41) is 7.96. The fraction of sp³-hybridized carbons (Fsp3) is 0.409. The van der Waals surface area contributed by atoms with E-state index in [1.165, 1.54) is 6.07 Å². The highest BCUT2D eigenvalue weighted by Gasteiger charge is 2.24. The van der Waals surface area contributed by atoms with E-state index in [0.717, 1.165) is 55.1 Å². The van der Waals surface area contributed by atoms with Crippen molar-refractivity contribution in [2.75, 3.05) is 29.0 Å². The van der Waals surface area contributed by atoms with Crippen molar-refractivity contribution in [3.05, 3.63) is 41.5 Å². The minimum atomic E-state index is -0.443. The molecule has 1 amide bonds. The Kier molecular flexibility index (Phi) is 6.43. The zero-order valence-electron chi connectivity index (χ0n) is 18.3. The highest BCUT2D eigenvalue weighted by Crippen LogP contribution is 2.34. The summed E-state index contributed by atoms with van der Waals surface area (Å²) in [5.41, 5.74) is 14.1. The molecule has 0 saturated carbocycles. The molecule has 1 saturated heterocycles. The number of anilines is 3. The maximum absolute atomic E-state index is 14.3. The molecule has 0 spiro atoms. The Bertz CT molecular complexity index is 1130. The topological polar surface area (TPSA) is 115 Å². The monoisotopic (exact) mass is 457 g/mol. The zero-order chi connectivity index (χ0) is 22.8. The lowest BCUT2D eigenvalue weighted by molar-refractivity contribution is 0.102. The summed E-state index contributed by atoms with van der Waals surface area (Å²) in [7, 11) is 0. The van der Waals surface area contributed by atoms with Gasteiger partial charge in [0.15, 0.2) is 11.5 Å². The molecule has 1 aromatic carbocycles. The van der Waals surface area contributed by atoms with Crippen LogP contribution in [0.15, 0.2) is 24.4 Å². The number of amides is 1. The largest absolute Gasteiger partial charge is 0.389 e. The van der Waals surface area contributed by atoms with Crippen LogP contribution in [0.3, 0.4) is 0 Å². The van der Waals surface area contributed by atoms with E-state index < -0.39 is 11.7 Å². The maximum Gasteiger partial charge on any atom is 0.277 e. The third kappa shape index (κ3) is 4.46. The third-order valence-corrected chi connectivity index (χ3v) is 6.57. The van der Waals surface area contributed by atoms with Crippen LogP contribution in [0.5, 0.6) is 0 Å². The first-order valence-electron chi connectivity index (χ1n) is 10.8. The van der Waals surface area contributed by atoms with Gasteiger partial charge in [0, 0.05) is 31.2 Å². The lowest BCUT2D eigenvalue weighted by Crippen LogP contribution is -2.29. The molecular weight excluding hydrogens is 429 g/mol. The quantitative estimate of drug-likeness (QED) is 0.539. The van der Waals surface area contributed by atoms with Gasteiger partial charge in [0.05, 0.1) is 6.20 Å². The number of aryl methyl sites for hydroxylation is 2. The predicted octanol–water partition coefficient (Wildman–Crippen LogP) is 3.63. The van der Waals surface area contributed by atoms with Crippen LogP contribution in [-0.2, 0) is 6.54 Å². The van der Waals surface area contributed by atoms with Gasteiger partial charge >= 0.3 is 0 Å². The zero-order valence-corrected chi connectivity index (χ0v) is 19.1. The second kappa shape index (κ2) is 9.25. The molecule has 32 heavy (non-hydrogen) atoms. The molecule has 4 rings (SSSR count). The molecule has 170 valence electrons. The van der Waals surface area contributed by atoms with Crippen LogP contribution in [0.25, 0.3) is 10.6 Å². The summed E-state index contributed by atoms with van der Waals surface area (Å²) in [6.07, 6.45) is 4.48. The van der Waals surface area contributed by atoms with Crippen molar-refractivity contribution >= 4 is 33.8 Å². The minimum Gasteiger partial charge on any atom is -0.389 e. The second-order valence-corrected chi connectivity index (χ2v) is 9.08. The number of thiazole rings is 1. The number of halogens is 1. The molecule has 8 nitrogen and oxygen atoms in total. The summed E-state index contributed by atoms with van der Waals surface area (Å²) >= 11 is 1.09. The van der Waals surface area contributed by atoms with Crippen LogP contribution in [0.4, 0.5) is 20.9 Å². The maximum atomic E-state index is 14.3. The first kappa shape index (κ1) is 22.2. The number of nitrogens with zero attached hydrogens (tertiary/aromatic N) is 4. The molecule has 1 aliphatic heterocycles. The van der Waals surface area contributed by atoms with Crippen LogP contribution < -0.4 is 21.7 Å². The molecule has 0 aliphatic carbocycles. The van der Waals surface area contributed by atoms with Gasteiger partial charge in [-0.05, 0) is 45.2 Å². The molecule has 0 radical (unpaired) electrons.